The molecule has 0 unspecified atom stereocenters. The Kier molecular flexibility index (Phi) is 5.70. The zero-order chi connectivity index (χ0) is 34.0. The van der Waals surface area contributed by atoms with Crippen LogP contribution < -0.4 is 0 Å². The summed E-state index contributed by atoms with van der Waals surface area (Å²) >= 11 is 3.45. The molecule has 0 aliphatic carbocycles. The summed E-state index contributed by atoms with van der Waals surface area (Å²) in [6, 6.07) is 44.9. The molecule has 7 heteroatoms. The molecule has 0 radical (unpaired) electrons. The fourth-order valence-electron chi connectivity index (χ4n) is 8.17. The van der Waals surface area contributed by atoms with E-state index < -0.39 is 5.82 Å². The van der Waals surface area contributed by atoms with Crippen LogP contribution in [0.3, 0.4) is 0 Å². The zero-order valence-electron chi connectivity index (χ0n) is 26.6. The van der Waals surface area contributed by atoms with Crippen molar-refractivity contribution in [2.75, 3.05) is 0 Å². The van der Waals surface area contributed by atoms with Crippen molar-refractivity contribution in [1.29, 1.82) is 5.26 Å². The summed E-state index contributed by atoms with van der Waals surface area (Å²) in [4.78, 5) is 3.85. The van der Waals surface area contributed by atoms with E-state index in [9.17, 15) is 5.26 Å². The molecule has 236 valence electrons. The lowest BCUT2D eigenvalue weighted by atomic mass is 10.1. The van der Waals surface area contributed by atoms with Gasteiger partial charge in [-0.3, -0.25) is 0 Å². The van der Waals surface area contributed by atoms with Crippen molar-refractivity contribution in [2.24, 2.45) is 0 Å². The van der Waals surface area contributed by atoms with Gasteiger partial charge >= 0.3 is 0 Å². The van der Waals surface area contributed by atoms with Crippen LogP contribution in [-0.2, 0) is 0 Å². The number of nitriles is 1. The number of rotatable bonds is 2. The van der Waals surface area contributed by atoms with Crippen LogP contribution in [0.25, 0.3) is 100 Å². The molecule has 0 N–H and O–H groups in total. The molecule has 51 heavy (non-hydrogen) atoms. The Balaban J connectivity index is 1.30. The highest BCUT2D eigenvalue weighted by atomic mass is 32.1. The van der Waals surface area contributed by atoms with E-state index in [1.165, 1.54) is 20.2 Å². The third-order valence-electron chi connectivity index (χ3n) is 10.2. The molecular formula is C44H21FN4S2. The van der Waals surface area contributed by atoms with Gasteiger partial charge in [-0.2, -0.15) is 5.26 Å². The number of halogens is 1. The van der Waals surface area contributed by atoms with E-state index in [0.717, 1.165) is 63.8 Å². The van der Waals surface area contributed by atoms with Crippen LogP contribution in [0.5, 0.6) is 0 Å². The van der Waals surface area contributed by atoms with Gasteiger partial charge in [-0.25, -0.2) is 9.24 Å². The molecule has 11 aromatic rings. The number of nitrogens with zero attached hydrogens (tertiary/aromatic N) is 4. The topological polar surface area (TPSA) is 38.0 Å². The lowest BCUT2D eigenvalue weighted by Crippen LogP contribution is -2.07. The molecule has 4 heterocycles. The third-order valence-corrected chi connectivity index (χ3v) is 12.7. The SMILES string of the molecule is [C-]#[N+]c1cc(C#N)c(-n2c3ccccc3c3c4sc5ccccc5c4ccc32)c(F)c1-n1c2ccccc2c2c3sc4ccccc4c3ccc21. The summed E-state index contributed by atoms with van der Waals surface area (Å²) in [6.45, 7) is 8.26. The van der Waals surface area contributed by atoms with E-state index in [-0.39, 0.29) is 22.6 Å². The Morgan fingerprint density at radius 3 is 1.53 bits per heavy atom. The average Bonchev–Trinajstić information content (AvgIpc) is 3.92. The van der Waals surface area contributed by atoms with E-state index in [2.05, 4.69) is 71.6 Å². The predicted molar refractivity (Wildman–Crippen MR) is 212 cm³/mol. The van der Waals surface area contributed by atoms with Crippen molar-refractivity contribution < 1.29 is 4.39 Å². The standard InChI is InChI=1S/C44H21FN4S2/c1-47-31-22-24(23-46)41(48-32-14-6-2-12-29(32)38-34(48)20-18-27-25-10-4-8-16-36(25)50-43(27)38)40(45)42(31)49-33-15-7-3-13-30(33)39-35(49)21-19-28-26-11-5-9-17-37(26)51-44(28)39/h2-22H. The number of fused-ring (bicyclic) bond motifs is 14. The Labute approximate surface area is 297 Å². The van der Waals surface area contributed by atoms with E-state index in [1.54, 1.807) is 28.7 Å². The Hall–Kier alpha value is -6.51. The number of hydrogen-bond donors (Lipinski definition) is 0. The fraction of sp³-hybridized carbons (Fsp3) is 0. The largest absolute Gasteiger partial charge is 0.316 e. The quantitative estimate of drug-likeness (QED) is 0.167. The number of hydrogen-bond acceptors (Lipinski definition) is 3. The van der Waals surface area contributed by atoms with Gasteiger partial charge in [-0.15, -0.1) is 22.7 Å². The average molecular weight is 689 g/mol. The van der Waals surface area contributed by atoms with Crippen molar-refractivity contribution in [2.45, 2.75) is 0 Å². The van der Waals surface area contributed by atoms with E-state index in [0.29, 0.717) is 0 Å². The van der Waals surface area contributed by atoms with Crippen molar-refractivity contribution in [3.8, 4) is 17.4 Å². The van der Waals surface area contributed by atoms with Crippen LogP contribution in [0, 0.1) is 23.7 Å². The maximum Gasteiger partial charge on any atom is 0.215 e. The molecule has 0 saturated heterocycles. The second-order valence-electron chi connectivity index (χ2n) is 12.8. The highest BCUT2D eigenvalue weighted by molar-refractivity contribution is 7.27. The normalized spacial score (nSPS) is 12.0. The second kappa shape index (κ2) is 10.3. The van der Waals surface area contributed by atoms with Gasteiger partial charge in [-0.1, -0.05) is 84.9 Å². The molecule has 0 amide bonds. The van der Waals surface area contributed by atoms with Gasteiger partial charge in [0.1, 0.15) is 6.07 Å². The summed E-state index contributed by atoms with van der Waals surface area (Å²) in [6.07, 6.45) is 0. The summed E-state index contributed by atoms with van der Waals surface area (Å²) in [5.74, 6) is -0.613. The monoisotopic (exact) mass is 688 g/mol. The minimum Gasteiger partial charge on any atom is -0.316 e. The lowest BCUT2D eigenvalue weighted by Gasteiger charge is -2.18. The minimum atomic E-state index is -0.613. The zero-order valence-corrected chi connectivity index (χ0v) is 28.2. The Bertz CT molecular complexity index is 3190. The molecule has 0 fully saturated rings. The number of benzene rings is 7. The van der Waals surface area contributed by atoms with E-state index >= 15 is 4.39 Å². The lowest BCUT2D eigenvalue weighted by molar-refractivity contribution is 0.614. The summed E-state index contributed by atoms with van der Waals surface area (Å²) in [5.41, 5.74) is 3.67. The molecule has 11 rings (SSSR count). The van der Waals surface area contributed by atoms with Crippen molar-refractivity contribution in [3.05, 3.63) is 150 Å². The molecule has 0 atom stereocenters. The summed E-state index contributed by atoms with van der Waals surface area (Å²) in [5, 5.41) is 19.3. The first-order chi connectivity index (χ1) is 25.2. The van der Waals surface area contributed by atoms with Gasteiger partial charge in [0, 0.05) is 61.9 Å². The predicted octanol–water partition coefficient (Wildman–Crippen LogP) is 13.2. The highest BCUT2D eigenvalue weighted by Crippen LogP contribution is 2.48. The van der Waals surface area contributed by atoms with Crippen LogP contribution in [-0.4, -0.2) is 9.13 Å². The van der Waals surface area contributed by atoms with Crippen LogP contribution in [0.2, 0.25) is 0 Å². The van der Waals surface area contributed by atoms with Crippen LogP contribution in [0.4, 0.5) is 10.1 Å². The third kappa shape index (κ3) is 3.64. The Morgan fingerprint density at radius 2 is 1.02 bits per heavy atom. The highest BCUT2D eigenvalue weighted by Gasteiger charge is 2.28. The molecule has 0 aliphatic heterocycles. The van der Waals surface area contributed by atoms with Gasteiger partial charge in [0.2, 0.25) is 5.69 Å². The maximum absolute atomic E-state index is 18.0. The summed E-state index contributed by atoms with van der Waals surface area (Å²) < 4.78 is 26.4. The van der Waals surface area contributed by atoms with Crippen LogP contribution in [0.15, 0.2) is 127 Å². The number of aromatic nitrogens is 2. The number of thiophene rings is 2. The van der Waals surface area contributed by atoms with Crippen molar-refractivity contribution in [1.82, 2.24) is 9.13 Å². The minimum absolute atomic E-state index is 0.0829. The summed E-state index contributed by atoms with van der Waals surface area (Å²) in [7, 11) is 0. The first-order valence-corrected chi connectivity index (χ1v) is 18.1. The van der Waals surface area contributed by atoms with E-state index in [4.69, 9.17) is 6.57 Å². The van der Waals surface area contributed by atoms with Gasteiger partial charge in [-0.05, 0) is 42.5 Å². The fourth-order valence-corrected chi connectivity index (χ4v) is 10.7. The van der Waals surface area contributed by atoms with Crippen LogP contribution >= 0.6 is 22.7 Å². The van der Waals surface area contributed by atoms with E-state index in [1.807, 2.05) is 69.8 Å². The van der Waals surface area contributed by atoms with Gasteiger partial charge in [0.25, 0.3) is 0 Å². The Morgan fingerprint density at radius 1 is 0.549 bits per heavy atom. The molecule has 0 saturated carbocycles. The van der Waals surface area contributed by atoms with Crippen molar-refractivity contribution >= 4 is 112 Å². The second-order valence-corrected chi connectivity index (χ2v) is 14.9. The van der Waals surface area contributed by atoms with Crippen LogP contribution in [0.1, 0.15) is 5.56 Å². The molecule has 0 bridgehead atoms. The first-order valence-electron chi connectivity index (χ1n) is 16.5. The molecule has 0 spiro atoms. The molecule has 7 aromatic carbocycles. The smallest absolute Gasteiger partial charge is 0.215 e. The molecule has 0 aliphatic rings. The molecular weight excluding hydrogens is 668 g/mol. The molecule has 4 aromatic heterocycles. The first kappa shape index (κ1) is 28.3. The van der Waals surface area contributed by atoms with Crippen molar-refractivity contribution in [3.63, 3.8) is 0 Å². The number of para-hydroxylation sites is 2. The van der Waals surface area contributed by atoms with Gasteiger partial charge < -0.3 is 9.13 Å². The molecule has 4 nitrogen and oxygen atoms in total. The van der Waals surface area contributed by atoms with Gasteiger partial charge in [0.15, 0.2) is 5.82 Å². The van der Waals surface area contributed by atoms with Gasteiger partial charge in [0.05, 0.1) is 45.6 Å². The maximum atomic E-state index is 18.0.